The zero-order valence-electron chi connectivity index (χ0n) is 7.10. The van der Waals surface area contributed by atoms with Crippen molar-refractivity contribution in [2.75, 3.05) is 0 Å². The molecule has 0 radical (unpaired) electrons. The second-order valence-corrected chi connectivity index (χ2v) is 4.53. The minimum absolute atomic E-state index is 1.40. The molecule has 0 aromatic rings. The maximum absolute atomic E-state index is 2.29. The lowest BCUT2D eigenvalue weighted by atomic mass is 10.1. The molecule has 0 N–H and O–H groups in total. The summed E-state index contributed by atoms with van der Waals surface area (Å²) >= 11 is 0. The number of hydrogen-bond donors (Lipinski definition) is 0. The first-order valence-electron chi connectivity index (χ1n) is 3.85. The van der Waals surface area contributed by atoms with Crippen molar-refractivity contribution in [3.63, 3.8) is 0 Å². The Morgan fingerprint density at radius 3 is 2.45 bits per heavy atom. The molecule has 56 valence electrons. The smallest absolute Gasteiger partial charge is 0.00984 e. The average molecular weight is 162 g/mol. The van der Waals surface area contributed by atoms with Gasteiger partial charge in [0, 0.05) is 5.29 Å². The van der Waals surface area contributed by atoms with Crippen LogP contribution in [0.5, 0.6) is 0 Å². The molecule has 0 spiro atoms. The third kappa shape index (κ3) is 0.937. The van der Waals surface area contributed by atoms with E-state index in [4.69, 9.17) is 0 Å². The van der Waals surface area contributed by atoms with Gasteiger partial charge in [0.15, 0.2) is 0 Å². The molecule has 0 nitrogen and oxygen atoms in total. The van der Waals surface area contributed by atoms with Crippen molar-refractivity contribution in [1.29, 1.82) is 0 Å². The minimum Gasteiger partial charge on any atom is -0.0643 e. The van der Waals surface area contributed by atoms with E-state index in [0.717, 1.165) is 0 Å². The molecular formula is C10H11P. The van der Waals surface area contributed by atoms with Crippen molar-refractivity contribution in [2.24, 2.45) is 0 Å². The first kappa shape index (κ1) is 7.06. The standard InChI is InChI=1S/C10H11P/c1-6-4-9-7(2)8(3)11-10(9)5-6/h4-5H,1-3H3. The van der Waals surface area contributed by atoms with Gasteiger partial charge in [0.1, 0.15) is 0 Å². The number of hydrogen-bond acceptors (Lipinski definition) is 0. The lowest BCUT2D eigenvalue weighted by molar-refractivity contribution is 1.42. The van der Waals surface area contributed by atoms with Gasteiger partial charge in [0.2, 0.25) is 0 Å². The van der Waals surface area contributed by atoms with E-state index in [2.05, 4.69) is 32.9 Å². The molecule has 1 heterocycles. The fraction of sp³-hybridized carbons (Fsp3) is 0.300. The molecule has 1 aliphatic carbocycles. The summed E-state index contributed by atoms with van der Waals surface area (Å²) in [4.78, 5) is 0. The van der Waals surface area contributed by atoms with Crippen LogP contribution in [-0.2, 0) is 0 Å². The van der Waals surface area contributed by atoms with Crippen LogP contribution in [0.15, 0.2) is 34.2 Å². The Morgan fingerprint density at radius 1 is 1.09 bits per heavy atom. The van der Waals surface area contributed by atoms with Gasteiger partial charge in [0.05, 0.1) is 0 Å². The predicted octanol–water partition coefficient (Wildman–Crippen LogP) is 3.30. The largest absolute Gasteiger partial charge is 0.0643 e. The molecule has 0 amide bonds. The second-order valence-electron chi connectivity index (χ2n) is 3.15. The molecule has 0 aromatic carbocycles. The first-order chi connectivity index (χ1) is 5.18. The molecule has 0 aromatic heterocycles. The van der Waals surface area contributed by atoms with Crippen molar-refractivity contribution in [2.45, 2.75) is 20.8 Å². The van der Waals surface area contributed by atoms with E-state index in [0.29, 0.717) is 0 Å². The van der Waals surface area contributed by atoms with Crippen LogP contribution in [0.3, 0.4) is 0 Å². The van der Waals surface area contributed by atoms with Gasteiger partial charge in [-0.1, -0.05) is 14.3 Å². The van der Waals surface area contributed by atoms with Gasteiger partial charge in [-0.05, 0) is 48.9 Å². The summed E-state index contributed by atoms with van der Waals surface area (Å²) in [6.07, 6.45) is 4.57. The Kier molecular flexibility index (Phi) is 1.40. The van der Waals surface area contributed by atoms with Crippen molar-refractivity contribution in [3.8, 4) is 0 Å². The summed E-state index contributed by atoms with van der Waals surface area (Å²) < 4.78 is 0. The van der Waals surface area contributed by atoms with E-state index in [-0.39, 0.29) is 0 Å². The van der Waals surface area contributed by atoms with E-state index in [9.17, 15) is 0 Å². The number of fused-ring (bicyclic) bond motifs is 1. The quantitative estimate of drug-likeness (QED) is 0.479. The van der Waals surface area contributed by atoms with Crippen LogP contribution >= 0.6 is 8.20 Å². The van der Waals surface area contributed by atoms with Crippen LogP contribution < -0.4 is 0 Å². The third-order valence-electron chi connectivity index (χ3n) is 2.25. The highest BCUT2D eigenvalue weighted by Gasteiger charge is 2.18. The van der Waals surface area contributed by atoms with Crippen LogP contribution in [0.25, 0.3) is 0 Å². The molecule has 0 unspecified atom stereocenters. The van der Waals surface area contributed by atoms with Gasteiger partial charge in [-0.2, -0.15) is 0 Å². The maximum Gasteiger partial charge on any atom is 0.00984 e. The van der Waals surface area contributed by atoms with Crippen LogP contribution in [0.2, 0.25) is 0 Å². The summed E-state index contributed by atoms with van der Waals surface area (Å²) in [7, 11) is 1.42. The highest BCUT2D eigenvalue weighted by atomic mass is 31.1. The molecule has 1 heteroatoms. The molecule has 2 rings (SSSR count). The molecule has 2 aliphatic rings. The van der Waals surface area contributed by atoms with E-state index in [1.807, 2.05) is 0 Å². The highest BCUT2D eigenvalue weighted by molar-refractivity contribution is 7.47. The summed E-state index contributed by atoms with van der Waals surface area (Å²) in [6.45, 7) is 6.59. The Labute approximate surface area is 69.1 Å². The molecule has 11 heavy (non-hydrogen) atoms. The topological polar surface area (TPSA) is 0 Å². The van der Waals surface area contributed by atoms with Gasteiger partial charge in [0.25, 0.3) is 0 Å². The summed E-state index contributed by atoms with van der Waals surface area (Å²) in [5, 5.41) is 3.01. The van der Waals surface area contributed by atoms with Crippen LogP contribution in [-0.4, -0.2) is 5.29 Å². The van der Waals surface area contributed by atoms with Gasteiger partial charge >= 0.3 is 0 Å². The number of rotatable bonds is 0. The monoisotopic (exact) mass is 162 g/mol. The molecule has 0 atom stereocenters. The SMILES string of the molecule is CC1=CC2=PC(C)=C(C)C2=C1. The Balaban J connectivity index is 2.53. The lowest BCUT2D eigenvalue weighted by Gasteiger charge is -1.95. The lowest BCUT2D eigenvalue weighted by Crippen LogP contribution is -1.87. The second kappa shape index (κ2) is 2.19. The summed E-state index contributed by atoms with van der Waals surface area (Å²) in [5.41, 5.74) is 4.35. The highest BCUT2D eigenvalue weighted by Crippen LogP contribution is 2.38. The average Bonchev–Trinajstić information content (AvgIpc) is 2.37. The number of allylic oxidation sites excluding steroid dienone is 6. The van der Waals surface area contributed by atoms with Crippen molar-refractivity contribution >= 4 is 13.5 Å². The minimum atomic E-state index is 1.40. The normalized spacial score (nSPS) is 23.0. The molecule has 0 saturated carbocycles. The van der Waals surface area contributed by atoms with E-state index >= 15 is 0 Å². The Morgan fingerprint density at radius 2 is 1.82 bits per heavy atom. The van der Waals surface area contributed by atoms with Crippen LogP contribution in [0, 0.1) is 0 Å². The Bertz CT molecular complexity index is 338. The molecule has 0 fully saturated rings. The Hall–Kier alpha value is -0.610. The van der Waals surface area contributed by atoms with Crippen LogP contribution in [0.1, 0.15) is 20.8 Å². The predicted molar refractivity (Wildman–Crippen MR) is 52.1 cm³/mol. The zero-order valence-corrected chi connectivity index (χ0v) is 8.00. The third-order valence-corrected chi connectivity index (χ3v) is 3.53. The van der Waals surface area contributed by atoms with Crippen molar-refractivity contribution in [1.82, 2.24) is 0 Å². The molecule has 0 bridgehead atoms. The van der Waals surface area contributed by atoms with Crippen molar-refractivity contribution < 1.29 is 0 Å². The molecular weight excluding hydrogens is 151 g/mol. The maximum atomic E-state index is 2.29. The fourth-order valence-corrected chi connectivity index (χ4v) is 2.76. The fourth-order valence-electron chi connectivity index (χ4n) is 1.49. The summed E-state index contributed by atoms with van der Waals surface area (Å²) in [6, 6.07) is 0. The zero-order chi connectivity index (χ0) is 8.01. The molecule has 1 aliphatic heterocycles. The van der Waals surface area contributed by atoms with E-state index < -0.39 is 0 Å². The van der Waals surface area contributed by atoms with E-state index in [1.54, 1.807) is 0 Å². The van der Waals surface area contributed by atoms with Gasteiger partial charge < -0.3 is 0 Å². The van der Waals surface area contributed by atoms with Crippen molar-refractivity contribution in [3.05, 3.63) is 34.2 Å². The van der Waals surface area contributed by atoms with Gasteiger partial charge in [-0.25, -0.2) is 0 Å². The van der Waals surface area contributed by atoms with E-state index in [1.165, 1.54) is 35.5 Å². The van der Waals surface area contributed by atoms with Gasteiger partial charge in [-0.3, -0.25) is 0 Å². The van der Waals surface area contributed by atoms with Gasteiger partial charge in [-0.15, -0.1) is 0 Å². The summed E-state index contributed by atoms with van der Waals surface area (Å²) in [5.74, 6) is 0. The molecule has 0 saturated heterocycles. The first-order valence-corrected chi connectivity index (χ1v) is 4.75. The van der Waals surface area contributed by atoms with Crippen LogP contribution in [0.4, 0.5) is 0 Å².